The fourth-order valence-electron chi connectivity index (χ4n) is 2.85. The van der Waals surface area contributed by atoms with Crippen molar-refractivity contribution in [1.29, 1.82) is 0 Å². The Hall–Kier alpha value is -0.610. The van der Waals surface area contributed by atoms with Crippen LogP contribution < -0.4 is 5.32 Å². The largest absolute Gasteiger partial charge is 0.380 e. The first kappa shape index (κ1) is 12.8. The van der Waals surface area contributed by atoms with E-state index < -0.39 is 0 Å². The number of carbonyl (C=O) groups excluding carboxylic acids is 1. The van der Waals surface area contributed by atoms with Crippen LogP contribution in [0.2, 0.25) is 0 Å². The van der Waals surface area contributed by atoms with Gasteiger partial charge in [-0.25, -0.2) is 0 Å². The van der Waals surface area contributed by atoms with Crippen molar-refractivity contribution in [1.82, 2.24) is 10.2 Å². The summed E-state index contributed by atoms with van der Waals surface area (Å²) in [6.07, 6.45) is 4.40. The number of piperidine rings is 1. The molecular formula is C13H24N2O2. The van der Waals surface area contributed by atoms with Crippen molar-refractivity contribution >= 4 is 5.91 Å². The fourth-order valence-corrected chi connectivity index (χ4v) is 2.85. The van der Waals surface area contributed by atoms with Crippen LogP contribution in [0.15, 0.2) is 0 Å². The standard InChI is InChI=1S/C13H24N2O2/c1-2-17-10-12-6-4-8-15(12)13(16)11-5-3-7-14-9-11/h11-12,14H,2-10H2,1H3/t11-,12+/m0/s1. The number of hydrogen-bond donors (Lipinski definition) is 1. The highest BCUT2D eigenvalue weighted by Crippen LogP contribution is 2.22. The predicted molar refractivity (Wildman–Crippen MR) is 66.8 cm³/mol. The topological polar surface area (TPSA) is 41.6 Å². The zero-order chi connectivity index (χ0) is 12.1. The first-order valence-corrected chi connectivity index (χ1v) is 6.92. The van der Waals surface area contributed by atoms with Gasteiger partial charge in [-0.2, -0.15) is 0 Å². The van der Waals surface area contributed by atoms with Crippen LogP contribution in [0.1, 0.15) is 32.6 Å². The van der Waals surface area contributed by atoms with Crippen LogP contribution in [-0.2, 0) is 9.53 Å². The van der Waals surface area contributed by atoms with E-state index in [4.69, 9.17) is 4.74 Å². The van der Waals surface area contributed by atoms with Crippen LogP contribution in [0.25, 0.3) is 0 Å². The highest BCUT2D eigenvalue weighted by molar-refractivity contribution is 5.79. The second kappa shape index (κ2) is 6.36. The lowest BCUT2D eigenvalue weighted by molar-refractivity contribution is -0.138. The summed E-state index contributed by atoms with van der Waals surface area (Å²) in [5.41, 5.74) is 0. The van der Waals surface area contributed by atoms with Gasteiger partial charge in [0.05, 0.1) is 18.6 Å². The van der Waals surface area contributed by atoms with Gasteiger partial charge in [0.25, 0.3) is 0 Å². The number of likely N-dealkylation sites (tertiary alicyclic amines) is 1. The van der Waals surface area contributed by atoms with Crippen LogP contribution in [0.5, 0.6) is 0 Å². The van der Waals surface area contributed by atoms with Crippen molar-refractivity contribution in [2.45, 2.75) is 38.6 Å². The molecule has 2 heterocycles. The zero-order valence-corrected chi connectivity index (χ0v) is 10.8. The normalized spacial score (nSPS) is 29.6. The Bertz CT molecular complexity index is 252. The van der Waals surface area contributed by atoms with Crippen molar-refractivity contribution in [3.8, 4) is 0 Å². The number of amides is 1. The van der Waals surface area contributed by atoms with Crippen molar-refractivity contribution in [2.75, 3.05) is 32.8 Å². The lowest BCUT2D eigenvalue weighted by Crippen LogP contribution is -2.46. The lowest BCUT2D eigenvalue weighted by atomic mass is 9.98. The molecule has 2 saturated heterocycles. The summed E-state index contributed by atoms with van der Waals surface area (Å²) < 4.78 is 5.48. The molecule has 2 rings (SSSR count). The van der Waals surface area contributed by atoms with Crippen LogP contribution in [-0.4, -0.2) is 49.7 Å². The molecular weight excluding hydrogens is 216 g/mol. The minimum atomic E-state index is 0.200. The molecule has 0 radical (unpaired) electrons. The Morgan fingerprint density at radius 1 is 1.41 bits per heavy atom. The van der Waals surface area contributed by atoms with Gasteiger partial charge in [-0.15, -0.1) is 0 Å². The van der Waals surface area contributed by atoms with Crippen molar-refractivity contribution in [3.63, 3.8) is 0 Å². The molecule has 0 aromatic carbocycles. The molecule has 1 amide bonds. The predicted octanol–water partition coefficient (Wildman–Crippen LogP) is 1.01. The molecule has 0 unspecified atom stereocenters. The molecule has 0 aromatic heterocycles. The maximum Gasteiger partial charge on any atom is 0.227 e. The highest BCUT2D eigenvalue weighted by atomic mass is 16.5. The highest BCUT2D eigenvalue weighted by Gasteiger charge is 2.33. The van der Waals surface area contributed by atoms with Crippen molar-refractivity contribution < 1.29 is 9.53 Å². The summed E-state index contributed by atoms with van der Waals surface area (Å²) in [6.45, 7) is 6.30. The number of nitrogens with zero attached hydrogens (tertiary/aromatic N) is 1. The zero-order valence-electron chi connectivity index (χ0n) is 10.8. The number of nitrogens with one attached hydrogen (secondary N) is 1. The molecule has 0 spiro atoms. The van der Waals surface area contributed by atoms with Crippen LogP contribution in [0.4, 0.5) is 0 Å². The van der Waals surface area contributed by atoms with E-state index in [1.54, 1.807) is 0 Å². The van der Waals surface area contributed by atoms with Gasteiger partial charge in [-0.3, -0.25) is 4.79 Å². The van der Waals surface area contributed by atoms with E-state index in [1.165, 1.54) is 0 Å². The van der Waals surface area contributed by atoms with Crippen molar-refractivity contribution in [3.05, 3.63) is 0 Å². The molecule has 2 aliphatic heterocycles. The van der Waals surface area contributed by atoms with E-state index in [9.17, 15) is 4.79 Å². The Morgan fingerprint density at radius 3 is 3.00 bits per heavy atom. The summed E-state index contributed by atoms with van der Waals surface area (Å²) >= 11 is 0. The number of rotatable bonds is 4. The summed E-state index contributed by atoms with van der Waals surface area (Å²) in [6, 6.07) is 0.323. The van der Waals surface area contributed by atoms with Gasteiger partial charge >= 0.3 is 0 Å². The molecule has 4 heteroatoms. The molecule has 0 aromatic rings. The second-order valence-electron chi connectivity index (χ2n) is 5.03. The molecule has 1 N–H and O–H groups in total. The summed E-state index contributed by atoms with van der Waals surface area (Å²) in [5.74, 6) is 0.547. The van der Waals surface area contributed by atoms with Gasteiger partial charge in [-0.1, -0.05) is 0 Å². The Balaban J connectivity index is 1.88. The monoisotopic (exact) mass is 240 g/mol. The first-order chi connectivity index (χ1) is 8.33. The second-order valence-corrected chi connectivity index (χ2v) is 5.03. The van der Waals surface area contributed by atoms with E-state index in [1.807, 2.05) is 6.92 Å². The Morgan fingerprint density at radius 2 is 2.29 bits per heavy atom. The summed E-state index contributed by atoms with van der Waals surface area (Å²) in [7, 11) is 0. The van der Waals surface area contributed by atoms with E-state index in [-0.39, 0.29) is 5.92 Å². The molecule has 0 bridgehead atoms. The van der Waals surface area contributed by atoms with Crippen LogP contribution >= 0.6 is 0 Å². The van der Waals surface area contributed by atoms with Crippen LogP contribution in [0.3, 0.4) is 0 Å². The van der Waals surface area contributed by atoms with Gasteiger partial charge in [-0.05, 0) is 39.2 Å². The van der Waals surface area contributed by atoms with E-state index in [2.05, 4.69) is 10.2 Å². The quantitative estimate of drug-likeness (QED) is 0.797. The van der Waals surface area contributed by atoms with Gasteiger partial charge in [0, 0.05) is 19.7 Å². The summed E-state index contributed by atoms with van der Waals surface area (Å²) in [5, 5.41) is 3.32. The third-order valence-corrected chi connectivity index (χ3v) is 3.82. The maximum atomic E-state index is 12.4. The number of ether oxygens (including phenoxy) is 1. The molecule has 2 atom stereocenters. The minimum absolute atomic E-state index is 0.200. The van der Waals surface area contributed by atoms with Gasteiger partial charge < -0.3 is 15.0 Å². The molecule has 0 saturated carbocycles. The number of hydrogen-bond acceptors (Lipinski definition) is 3. The van der Waals surface area contributed by atoms with Crippen molar-refractivity contribution in [2.24, 2.45) is 5.92 Å². The molecule has 4 nitrogen and oxygen atoms in total. The number of carbonyl (C=O) groups is 1. The SMILES string of the molecule is CCOC[C@H]1CCCN1C(=O)[C@H]1CCCNC1. The average molecular weight is 240 g/mol. The Kier molecular flexibility index (Phi) is 4.80. The molecule has 98 valence electrons. The van der Waals surface area contributed by atoms with E-state index >= 15 is 0 Å². The summed E-state index contributed by atoms with van der Waals surface area (Å²) in [4.78, 5) is 14.5. The van der Waals surface area contributed by atoms with Gasteiger partial charge in [0.15, 0.2) is 0 Å². The Labute approximate surface area is 104 Å². The third-order valence-electron chi connectivity index (χ3n) is 3.82. The minimum Gasteiger partial charge on any atom is -0.380 e. The maximum absolute atomic E-state index is 12.4. The molecule has 2 fully saturated rings. The fraction of sp³-hybridized carbons (Fsp3) is 0.923. The van der Waals surface area contributed by atoms with E-state index in [0.29, 0.717) is 18.6 Å². The lowest BCUT2D eigenvalue weighted by Gasteiger charge is -2.30. The molecule has 0 aliphatic carbocycles. The van der Waals surface area contributed by atoms with E-state index in [0.717, 1.165) is 51.9 Å². The first-order valence-electron chi connectivity index (χ1n) is 6.92. The molecule has 17 heavy (non-hydrogen) atoms. The molecule has 2 aliphatic rings. The van der Waals surface area contributed by atoms with Gasteiger partial charge in [0.2, 0.25) is 5.91 Å². The van der Waals surface area contributed by atoms with Crippen LogP contribution in [0, 0.1) is 5.92 Å². The smallest absolute Gasteiger partial charge is 0.227 e. The van der Waals surface area contributed by atoms with Gasteiger partial charge in [0.1, 0.15) is 0 Å². The average Bonchev–Trinajstić information content (AvgIpc) is 2.84. The third kappa shape index (κ3) is 3.19.